The van der Waals surface area contributed by atoms with Crippen LogP contribution in [0.25, 0.3) is 33.3 Å². The van der Waals surface area contributed by atoms with Crippen LogP contribution >= 0.6 is 0 Å². The number of aliphatic hydroxyl groups is 1. The van der Waals surface area contributed by atoms with E-state index in [4.69, 9.17) is 4.98 Å². The number of benzene rings is 2. The number of aromatic amines is 1. The summed E-state index contributed by atoms with van der Waals surface area (Å²) in [6.07, 6.45) is 4.28. The van der Waals surface area contributed by atoms with Crippen LogP contribution in [-0.4, -0.2) is 97.2 Å². The SMILES string of the molecule is CN(C)CCN(C)C(O)c1ccc(-c2c[nH]c3ncc(-c4ccc(N5CCCN(C)CC5)c(C#N)c4)cc23)cc1. The van der Waals surface area contributed by atoms with Gasteiger partial charge in [-0.1, -0.05) is 30.3 Å². The molecule has 1 unspecified atom stereocenters. The summed E-state index contributed by atoms with van der Waals surface area (Å²) in [6.45, 7) is 5.62. The van der Waals surface area contributed by atoms with Gasteiger partial charge in [0.1, 0.15) is 17.9 Å². The molecule has 8 heteroatoms. The summed E-state index contributed by atoms with van der Waals surface area (Å²) in [5.41, 5.74) is 7.44. The standard InChI is InChI=1S/C32H39N7O/c1-36(2)14-16-38(4)32(40)24-8-6-23(7-9-24)29-22-35-31-28(29)19-27(21-34-31)25-10-11-30(26(18-25)20-33)39-13-5-12-37(3)15-17-39/h6-11,18-19,21-22,32,40H,5,12-17H2,1-4H3,(H,34,35). The number of nitriles is 1. The van der Waals surface area contributed by atoms with E-state index in [1.807, 2.05) is 56.6 Å². The second-order valence-corrected chi connectivity index (χ2v) is 11.1. The molecule has 1 aliphatic rings. The van der Waals surface area contributed by atoms with Gasteiger partial charge in [-0.2, -0.15) is 5.26 Å². The topological polar surface area (TPSA) is 85.7 Å². The van der Waals surface area contributed by atoms with Crippen LogP contribution in [0.15, 0.2) is 60.9 Å². The number of rotatable bonds is 8. The Hall–Kier alpha value is -3.74. The molecule has 0 spiro atoms. The Morgan fingerprint density at radius 2 is 1.75 bits per heavy atom. The van der Waals surface area contributed by atoms with Crippen LogP contribution in [0.1, 0.15) is 23.8 Å². The first-order chi connectivity index (χ1) is 19.3. The summed E-state index contributed by atoms with van der Waals surface area (Å²) in [4.78, 5) is 16.7. The third kappa shape index (κ3) is 6.03. The van der Waals surface area contributed by atoms with E-state index in [1.54, 1.807) is 0 Å². The van der Waals surface area contributed by atoms with Crippen molar-refractivity contribution in [3.63, 3.8) is 0 Å². The second-order valence-electron chi connectivity index (χ2n) is 11.1. The largest absolute Gasteiger partial charge is 0.374 e. The van der Waals surface area contributed by atoms with Gasteiger partial charge >= 0.3 is 0 Å². The summed E-state index contributed by atoms with van der Waals surface area (Å²) in [7, 11) is 8.15. The highest BCUT2D eigenvalue weighted by Crippen LogP contribution is 2.33. The molecule has 0 bridgehead atoms. The lowest BCUT2D eigenvalue weighted by molar-refractivity contribution is 0.0175. The number of hydrogen-bond acceptors (Lipinski definition) is 7. The van der Waals surface area contributed by atoms with Gasteiger partial charge < -0.3 is 24.8 Å². The van der Waals surface area contributed by atoms with E-state index in [0.29, 0.717) is 5.56 Å². The lowest BCUT2D eigenvalue weighted by Crippen LogP contribution is -2.31. The number of pyridine rings is 1. The number of fused-ring (bicyclic) bond motifs is 1. The number of aliphatic hydroxyl groups excluding tert-OH is 1. The average Bonchev–Trinajstić information content (AvgIpc) is 3.28. The van der Waals surface area contributed by atoms with Crippen molar-refractivity contribution in [1.82, 2.24) is 24.7 Å². The molecule has 1 fully saturated rings. The quantitative estimate of drug-likeness (QED) is 0.322. The molecule has 2 aromatic heterocycles. The Kier molecular flexibility index (Phi) is 8.48. The highest BCUT2D eigenvalue weighted by atomic mass is 16.3. The Balaban J connectivity index is 1.40. The van der Waals surface area contributed by atoms with Crippen molar-refractivity contribution in [1.29, 1.82) is 5.26 Å². The maximum atomic E-state index is 10.8. The summed E-state index contributed by atoms with van der Waals surface area (Å²) in [5.74, 6) is 0. The van der Waals surface area contributed by atoms with Crippen molar-refractivity contribution < 1.29 is 5.11 Å². The van der Waals surface area contributed by atoms with Gasteiger partial charge in [-0.3, -0.25) is 4.90 Å². The third-order valence-corrected chi connectivity index (χ3v) is 7.88. The summed E-state index contributed by atoms with van der Waals surface area (Å²) in [6, 6.07) is 18.8. The Morgan fingerprint density at radius 3 is 2.50 bits per heavy atom. The van der Waals surface area contributed by atoms with Crippen molar-refractivity contribution in [2.45, 2.75) is 12.6 Å². The minimum atomic E-state index is -0.655. The first-order valence-corrected chi connectivity index (χ1v) is 13.9. The van der Waals surface area contributed by atoms with E-state index in [-0.39, 0.29) is 0 Å². The van der Waals surface area contributed by atoms with Crippen molar-refractivity contribution >= 4 is 16.7 Å². The van der Waals surface area contributed by atoms with E-state index in [0.717, 1.165) is 90.2 Å². The molecule has 8 nitrogen and oxygen atoms in total. The molecule has 40 heavy (non-hydrogen) atoms. The molecule has 0 saturated carbocycles. The minimum absolute atomic E-state index is 0.655. The fourth-order valence-electron chi connectivity index (χ4n) is 5.34. The van der Waals surface area contributed by atoms with Gasteiger partial charge in [0.2, 0.25) is 0 Å². The number of nitrogens with one attached hydrogen (secondary N) is 1. The number of nitrogens with zero attached hydrogens (tertiary/aromatic N) is 6. The van der Waals surface area contributed by atoms with E-state index < -0.39 is 6.23 Å². The van der Waals surface area contributed by atoms with Crippen LogP contribution in [0.5, 0.6) is 0 Å². The lowest BCUT2D eigenvalue weighted by atomic mass is 9.99. The molecule has 1 aliphatic heterocycles. The molecule has 5 rings (SSSR count). The van der Waals surface area contributed by atoms with Crippen molar-refractivity contribution in [2.75, 3.05) is 72.4 Å². The number of likely N-dealkylation sites (N-methyl/N-ethyl adjacent to an activating group) is 3. The third-order valence-electron chi connectivity index (χ3n) is 7.88. The Bertz CT molecular complexity index is 1490. The Morgan fingerprint density at radius 1 is 0.975 bits per heavy atom. The molecule has 1 atom stereocenters. The van der Waals surface area contributed by atoms with Gasteiger partial charge in [-0.15, -0.1) is 0 Å². The van der Waals surface area contributed by atoms with Crippen molar-refractivity contribution in [3.8, 4) is 28.3 Å². The summed E-state index contributed by atoms with van der Waals surface area (Å²) >= 11 is 0. The van der Waals surface area contributed by atoms with Crippen LogP contribution in [0.2, 0.25) is 0 Å². The smallest absolute Gasteiger partial charge is 0.137 e. The fraction of sp³-hybridized carbons (Fsp3) is 0.375. The van der Waals surface area contributed by atoms with Gasteiger partial charge in [-0.05, 0) is 76.0 Å². The Labute approximate surface area is 237 Å². The van der Waals surface area contributed by atoms with E-state index in [9.17, 15) is 10.4 Å². The molecule has 2 aromatic carbocycles. The zero-order chi connectivity index (χ0) is 28.2. The maximum Gasteiger partial charge on any atom is 0.137 e. The number of H-pyrrole nitrogens is 1. The molecular weight excluding hydrogens is 498 g/mol. The first-order valence-electron chi connectivity index (χ1n) is 13.9. The highest BCUT2D eigenvalue weighted by molar-refractivity contribution is 5.96. The van der Waals surface area contributed by atoms with E-state index in [1.165, 1.54) is 0 Å². The van der Waals surface area contributed by atoms with Gasteiger partial charge in [-0.25, -0.2) is 4.98 Å². The molecule has 0 amide bonds. The maximum absolute atomic E-state index is 10.8. The molecule has 208 valence electrons. The second kappa shape index (κ2) is 12.2. The monoisotopic (exact) mass is 537 g/mol. The van der Waals surface area contributed by atoms with Crippen molar-refractivity contribution in [2.24, 2.45) is 0 Å². The molecule has 2 N–H and O–H groups in total. The van der Waals surface area contributed by atoms with Crippen LogP contribution in [0, 0.1) is 11.3 Å². The zero-order valence-electron chi connectivity index (χ0n) is 23.9. The van der Waals surface area contributed by atoms with Gasteiger partial charge in [0.25, 0.3) is 0 Å². The van der Waals surface area contributed by atoms with E-state index in [2.05, 4.69) is 63.1 Å². The number of anilines is 1. The normalized spacial score (nSPS) is 15.5. The number of hydrogen-bond donors (Lipinski definition) is 2. The van der Waals surface area contributed by atoms with Gasteiger partial charge in [0.15, 0.2) is 0 Å². The zero-order valence-corrected chi connectivity index (χ0v) is 23.9. The number of aromatic nitrogens is 2. The van der Waals surface area contributed by atoms with Crippen LogP contribution in [0.3, 0.4) is 0 Å². The predicted molar refractivity (Wildman–Crippen MR) is 162 cm³/mol. The molecule has 0 aliphatic carbocycles. The summed E-state index contributed by atoms with van der Waals surface area (Å²) < 4.78 is 0. The van der Waals surface area contributed by atoms with E-state index >= 15 is 0 Å². The van der Waals surface area contributed by atoms with Crippen LogP contribution in [0.4, 0.5) is 5.69 Å². The molecule has 0 radical (unpaired) electrons. The van der Waals surface area contributed by atoms with Gasteiger partial charge in [0, 0.05) is 61.6 Å². The highest BCUT2D eigenvalue weighted by Gasteiger charge is 2.18. The molecular formula is C32H39N7O. The summed E-state index contributed by atoms with van der Waals surface area (Å²) in [5, 5.41) is 21.8. The molecule has 3 heterocycles. The molecule has 1 saturated heterocycles. The fourth-order valence-corrected chi connectivity index (χ4v) is 5.34. The van der Waals surface area contributed by atoms with Crippen molar-refractivity contribution in [3.05, 3.63) is 72.1 Å². The first kappa shape index (κ1) is 27.8. The average molecular weight is 538 g/mol. The van der Waals surface area contributed by atoms with Gasteiger partial charge in [0.05, 0.1) is 11.3 Å². The van der Waals surface area contributed by atoms with Crippen LogP contribution < -0.4 is 4.90 Å². The minimum Gasteiger partial charge on any atom is -0.374 e. The lowest BCUT2D eigenvalue weighted by Gasteiger charge is -2.25. The predicted octanol–water partition coefficient (Wildman–Crippen LogP) is 4.39. The molecule has 4 aromatic rings. The van der Waals surface area contributed by atoms with Crippen LogP contribution in [-0.2, 0) is 0 Å².